The minimum Gasteiger partial charge on any atom is -0.366 e. The Labute approximate surface area is 129 Å². The lowest BCUT2D eigenvalue weighted by Crippen LogP contribution is -2.42. The molecule has 4 heteroatoms. The molecule has 1 aliphatic rings. The van der Waals surface area contributed by atoms with Gasteiger partial charge in [0, 0.05) is 17.4 Å². The Hall–Kier alpha value is -0.900. The molecule has 0 radical (unpaired) electrons. The average molecular weight is 297 g/mol. The summed E-state index contributed by atoms with van der Waals surface area (Å²) in [7, 11) is 0. The Morgan fingerprint density at radius 3 is 1.95 bits per heavy atom. The summed E-state index contributed by atoms with van der Waals surface area (Å²) in [6.45, 7) is 11.8. The first-order valence-corrected chi connectivity index (χ1v) is 7.96. The van der Waals surface area contributed by atoms with Crippen molar-refractivity contribution in [3.05, 3.63) is 0 Å². The van der Waals surface area contributed by atoms with Gasteiger partial charge in [-0.05, 0) is 46.5 Å². The third kappa shape index (κ3) is 6.60. The maximum Gasteiger partial charge on any atom is 0.246 e. The van der Waals surface area contributed by atoms with E-state index in [0.717, 1.165) is 25.7 Å². The summed E-state index contributed by atoms with van der Waals surface area (Å²) in [6.07, 6.45) is 3.52. The second kappa shape index (κ2) is 6.91. The summed E-state index contributed by atoms with van der Waals surface area (Å²) < 4.78 is 5.47. The highest BCUT2D eigenvalue weighted by atomic mass is 16.5. The number of rotatable bonds is 4. The number of nitrogens with one attached hydrogen (secondary N) is 1. The fraction of sp³-hybridized carbons (Fsp3) is 0.882. The van der Waals surface area contributed by atoms with E-state index in [4.69, 9.17) is 4.74 Å². The molecule has 0 saturated heterocycles. The number of carbonyl (C=O) groups is 2. The molecule has 0 atom stereocenters. The number of amides is 1. The molecule has 0 aromatic rings. The summed E-state index contributed by atoms with van der Waals surface area (Å²) >= 11 is 0. The molecule has 1 aliphatic carbocycles. The number of Topliss-reactive ketones (excluding diaryl/α,β-unsaturated/α-hetero) is 1. The minimum absolute atomic E-state index is 0.0597. The molecule has 1 saturated carbocycles. The van der Waals surface area contributed by atoms with Gasteiger partial charge in [0.1, 0.15) is 12.4 Å². The van der Waals surface area contributed by atoms with Crippen LogP contribution in [0.4, 0.5) is 0 Å². The van der Waals surface area contributed by atoms with Crippen LogP contribution in [0.25, 0.3) is 0 Å². The molecule has 0 spiro atoms. The standard InChI is InChI=1S/C17H31NO3/c1-16(2,3)15(20)12-7-9-13(10-8-12)18-14(19)11-21-17(4,5)6/h12-13H,7-11H2,1-6H3,(H,18,19). The molecule has 0 heterocycles. The van der Waals surface area contributed by atoms with Crippen LogP contribution in [0.2, 0.25) is 0 Å². The van der Waals surface area contributed by atoms with Crippen LogP contribution >= 0.6 is 0 Å². The Bertz CT molecular complexity index is 368. The molecular weight excluding hydrogens is 266 g/mol. The van der Waals surface area contributed by atoms with Gasteiger partial charge in [0.2, 0.25) is 5.91 Å². The summed E-state index contributed by atoms with van der Waals surface area (Å²) in [6, 6.07) is 0.185. The van der Waals surface area contributed by atoms with E-state index in [1.807, 2.05) is 41.5 Å². The highest BCUT2D eigenvalue weighted by Gasteiger charge is 2.33. The van der Waals surface area contributed by atoms with E-state index >= 15 is 0 Å². The lowest BCUT2D eigenvalue weighted by Gasteiger charge is -2.32. The Morgan fingerprint density at radius 2 is 1.52 bits per heavy atom. The molecule has 0 bridgehead atoms. The van der Waals surface area contributed by atoms with Crippen molar-refractivity contribution in [3.63, 3.8) is 0 Å². The summed E-state index contributed by atoms with van der Waals surface area (Å²) in [5, 5.41) is 3.01. The normalized spacial score (nSPS) is 23.7. The van der Waals surface area contributed by atoms with Gasteiger partial charge in [0.15, 0.2) is 0 Å². The highest BCUT2D eigenvalue weighted by Crippen LogP contribution is 2.31. The number of carbonyl (C=O) groups excluding carboxylic acids is 2. The molecule has 1 N–H and O–H groups in total. The monoisotopic (exact) mass is 297 g/mol. The minimum atomic E-state index is -0.297. The van der Waals surface area contributed by atoms with Crippen LogP contribution in [-0.4, -0.2) is 29.9 Å². The van der Waals surface area contributed by atoms with Gasteiger partial charge in [-0.3, -0.25) is 9.59 Å². The first-order valence-electron chi connectivity index (χ1n) is 7.96. The molecule has 0 aromatic heterocycles. The smallest absolute Gasteiger partial charge is 0.246 e. The predicted molar refractivity (Wildman–Crippen MR) is 84.1 cm³/mol. The van der Waals surface area contributed by atoms with E-state index in [1.165, 1.54) is 0 Å². The predicted octanol–water partition coefficient (Wildman–Crippen LogP) is 3.09. The molecule has 4 nitrogen and oxygen atoms in total. The van der Waals surface area contributed by atoms with Crippen LogP contribution < -0.4 is 5.32 Å². The van der Waals surface area contributed by atoms with Gasteiger partial charge in [-0.2, -0.15) is 0 Å². The molecular formula is C17H31NO3. The topological polar surface area (TPSA) is 55.4 Å². The van der Waals surface area contributed by atoms with Crippen molar-refractivity contribution in [2.45, 2.75) is 78.9 Å². The third-order valence-electron chi connectivity index (χ3n) is 3.84. The molecule has 0 aliphatic heterocycles. The van der Waals surface area contributed by atoms with Crippen LogP contribution in [0.15, 0.2) is 0 Å². The molecule has 1 amide bonds. The van der Waals surface area contributed by atoms with Crippen molar-refractivity contribution in [1.82, 2.24) is 5.32 Å². The van der Waals surface area contributed by atoms with Crippen molar-refractivity contribution < 1.29 is 14.3 Å². The van der Waals surface area contributed by atoms with Gasteiger partial charge >= 0.3 is 0 Å². The zero-order chi connectivity index (χ0) is 16.3. The van der Waals surface area contributed by atoms with Gasteiger partial charge in [-0.15, -0.1) is 0 Å². The molecule has 1 rings (SSSR count). The quantitative estimate of drug-likeness (QED) is 0.867. The lowest BCUT2D eigenvalue weighted by molar-refractivity contribution is -0.132. The van der Waals surface area contributed by atoms with Gasteiger partial charge in [-0.1, -0.05) is 20.8 Å². The Kier molecular flexibility index (Phi) is 5.97. The van der Waals surface area contributed by atoms with Crippen LogP contribution in [0.3, 0.4) is 0 Å². The zero-order valence-electron chi connectivity index (χ0n) is 14.4. The third-order valence-corrected chi connectivity index (χ3v) is 3.84. The number of hydrogen-bond donors (Lipinski definition) is 1. The average Bonchev–Trinajstić information content (AvgIpc) is 2.34. The molecule has 0 unspecified atom stereocenters. The zero-order valence-corrected chi connectivity index (χ0v) is 14.4. The van der Waals surface area contributed by atoms with E-state index in [2.05, 4.69) is 5.32 Å². The van der Waals surface area contributed by atoms with Gasteiger partial charge in [0.25, 0.3) is 0 Å². The first kappa shape index (κ1) is 18.1. The van der Waals surface area contributed by atoms with E-state index in [1.54, 1.807) is 0 Å². The maximum atomic E-state index is 12.3. The van der Waals surface area contributed by atoms with Crippen molar-refractivity contribution in [2.75, 3.05) is 6.61 Å². The summed E-state index contributed by atoms with van der Waals surface area (Å²) in [5.41, 5.74) is -0.560. The van der Waals surface area contributed by atoms with Crippen LogP contribution in [0.5, 0.6) is 0 Å². The van der Waals surface area contributed by atoms with Gasteiger partial charge in [0.05, 0.1) is 5.60 Å². The van der Waals surface area contributed by atoms with Crippen molar-refractivity contribution in [2.24, 2.45) is 11.3 Å². The Balaban J connectivity index is 2.34. The van der Waals surface area contributed by atoms with Crippen molar-refractivity contribution in [1.29, 1.82) is 0 Å². The largest absolute Gasteiger partial charge is 0.366 e. The van der Waals surface area contributed by atoms with E-state index in [0.29, 0.717) is 5.78 Å². The fourth-order valence-corrected chi connectivity index (χ4v) is 2.66. The van der Waals surface area contributed by atoms with E-state index < -0.39 is 0 Å². The highest BCUT2D eigenvalue weighted by molar-refractivity contribution is 5.86. The SMILES string of the molecule is CC(C)(C)OCC(=O)NC1CCC(C(=O)C(C)(C)C)CC1. The van der Waals surface area contributed by atoms with Crippen molar-refractivity contribution in [3.8, 4) is 0 Å². The van der Waals surface area contributed by atoms with Crippen LogP contribution in [0.1, 0.15) is 67.2 Å². The van der Waals surface area contributed by atoms with Crippen LogP contribution in [-0.2, 0) is 14.3 Å². The van der Waals surface area contributed by atoms with Gasteiger partial charge < -0.3 is 10.1 Å². The fourth-order valence-electron chi connectivity index (χ4n) is 2.66. The number of ether oxygens (including phenoxy) is 1. The molecule has 21 heavy (non-hydrogen) atoms. The summed E-state index contributed by atoms with van der Waals surface area (Å²) in [5.74, 6) is 0.447. The molecule has 1 fully saturated rings. The van der Waals surface area contributed by atoms with E-state index in [9.17, 15) is 9.59 Å². The van der Waals surface area contributed by atoms with E-state index in [-0.39, 0.29) is 35.5 Å². The number of ketones is 1. The Morgan fingerprint density at radius 1 is 1.00 bits per heavy atom. The van der Waals surface area contributed by atoms with Gasteiger partial charge in [-0.25, -0.2) is 0 Å². The van der Waals surface area contributed by atoms with Crippen molar-refractivity contribution >= 4 is 11.7 Å². The van der Waals surface area contributed by atoms with Crippen LogP contribution in [0, 0.1) is 11.3 Å². The molecule has 0 aromatic carbocycles. The second-order valence-electron chi connectivity index (χ2n) is 8.13. The first-order chi connectivity index (χ1) is 9.49. The number of hydrogen-bond acceptors (Lipinski definition) is 3. The summed E-state index contributed by atoms with van der Waals surface area (Å²) in [4.78, 5) is 24.1. The second-order valence-corrected chi connectivity index (χ2v) is 8.13. The maximum absolute atomic E-state index is 12.3. The molecule has 122 valence electrons. The lowest BCUT2D eigenvalue weighted by atomic mass is 9.75.